The summed E-state index contributed by atoms with van der Waals surface area (Å²) in [4.78, 5) is 36.3. The van der Waals surface area contributed by atoms with E-state index < -0.39 is 12.1 Å². The van der Waals surface area contributed by atoms with Gasteiger partial charge in [-0.05, 0) is 42.0 Å². The van der Waals surface area contributed by atoms with Crippen LogP contribution in [0.4, 0.5) is 4.79 Å². The fraction of sp³-hybridized carbons (Fsp3) is 0.423. The Hall–Kier alpha value is -3.35. The zero-order valence-electron chi connectivity index (χ0n) is 19.1. The minimum atomic E-state index is -0.996. The fourth-order valence-corrected chi connectivity index (χ4v) is 4.29. The van der Waals surface area contributed by atoms with E-state index >= 15 is 0 Å². The van der Waals surface area contributed by atoms with Crippen molar-refractivity contribution in [3.8, 4) is 11.1 Å². The second kappa shape index (κ2) is 12.0. The molecule has 2 N–H and O–H groups in total. The molecule has 0 radical (unpaired) electrons. The van der Waals surface area contributed by atoms with Crippen LogP contribution in [0, 0.1) is 0 Å². The summed E-state index contributed by atoms with van der Waals surface area (Å²) in [6, 6.07) is 16.5. The third kappa shape index (κ3) is 6.57. The van der Waals surface area contributed by atoms with Gasteiger partial charge in [0.25, 0.3) is 0 Å². The van der Waals surface area contributed by atoms with Gasteiger partial charge >= 0.3 is 12.1 Å². The molecule has 7 heteroatoms. The number of hydrogen-bond acceptors (Lipinski definition) is 4. The van der Waals surface area contributed by atoms with Crippen LogP contribution in [0.25, 0.3) is 11.1 Å². The standard InChI is InChI=1S/C26H32N2O5/c1-2-28(17-25(30)31)24(29)15-5-3-4-10-16-27-26(32)33-18-23-21-13-8-6-11-19(21)20-12-7-9-14-22(20)23/h6-9,11-14,23H,2-5,10,15-18H2,1H3,(H,27,32)(H,30,31). The van der Waals surface area contributed by atoms with Gasteiger partial charge in [-0.15, -0.1) is 0 Å². The number of ether oxygens (including phenoxy) is 1. The summed E-state index contributed by atoms with van der Waals surface area (Å²) in [7, 11) is 0. The lowest BCUT2D eigenvalue weighted by Gasteiger charge is -2.18. The maximum absolute atomic E-state index is 12.2. The Balaban J connectivity index is 1.32. The number of alkyl carbamates (subject to hydrolysis) is 1. The molecule has 176 valence electrons. The Labute approximate surface area is 194 Å². The van der Waals surface area contributed by atoms with Crippen molar-refractivity contribution in [3.63, 3.8) is 0 Å². The number of nitrogens with one attached hydrogen (secondary N) is 1. The predicted octanol–water partition coefficient (Wildman–Crippen LogP) is 4.41. The Bertz CT molecular complexity index is 929. The van der Waals surface area contributed by atoms with E-state index in [0.29, 0.717) is 32.5 Å². The van der Waals surface area contributed by atoms with Gasteiger partial charge in [-0.25, -0.2) is 4.79 Å². The maximum atomic E-state index is 12.2. The Morgan fingerprint density at radius 2 is 1.55 bits per heavy atom. The number of carbonyl (C=O) groups excluding carboxylic acids is 2. The van der Waals surface area contributed by atoms with E-state index in [1.165, 1.54) is 27.2 Å². The maximum Gasteiger partial charge on any atom is 0.407 e. The molecule has 0 spiro atoms. The highest BCUT2D eigenvalue weighted by atomic mass is 16.5. The first kappa shape index (κ1) is 24.3. The Morgan fingerprint density at radius 3 is 2.15 bits per heavy atom. The molecule has 0 aromatic heterocycles. The van der Waals surface area contributed by atoms with Crippen molar-refractivity contribution in [2.75, 3.05) is 26.2 Å². The number of hydrogen-bond donors (Lipinski definition) is 2. The summed E-state index contributed by atoms with van der Waals surface area (Å²) >= 11 is 0. The van der Waals surface area contributed by atoms with Crippen molar-refractivity contribution in [1.29, 1.82) is 0 Å². The lowest BCUT2D eigenvalue weighted by Crippen LogP contribution is -2.35. The minimum Gasteiger partial charge on any atom is -0.480 e. The van der Waals surface area contributed by atoms with Crippen LogP contribution in [0.5, 0.6) is 0 Å². The van der Waals surface area contributed by atoms with Gasteiger partial charge in [0.15, 0.2) is 0 Å². The van der Waals surface area contributed by atoms with Gasteiger partial charge in [0.2, 0.25) is 5.91 Å². The van der Waals surface area contributed by atoms with E-state index in [2.05, 4.69) is 29.6 Å². The smallest absolute Gasteiger partial charge is 0.407 e. The predicted molar refractivity (Wildman–Crippen MR) is 126 cm³/mol. The molecule has 7 nitrogen and oxygen atoms in total. The summed E-state index contributed by atoms with van der Waals surface area (Å²) < 4.78 is 5.52. The molecule has 2 aromatic carbocycles. The molecule has 0 aliphatic heterocycles. The Morgan fingerprint density at radius 1 is 0.939 bits per heavy atom. The normalized spacial score (nSPS) is 12.0. The van der Waals surface area contributed by atoms with Crippen molar-refractivity contribution in [2.45, 2.75) is 44.9 Å². The van der Waals surface area contributed by atoms with Gasteiger partial charge in [0.1, 0.15) is 13.2 Å². The van der Waals surface area contributed by atoms with E-state index in [0.717, 1.165) is 19.3 Å². The number of unbranched alkanes of at least 4 members (excludes halogenated alkanes) is 3. The van der Waals surface area contributed by atoms with Gasteiger partial charge < -0.3 is 20.1 Å². The van der Waals surface area contributed by atoms with Crippen LogP contribution < -0.4 is 5.32 Å². The molecule has 0 unspecified atom stereocenters. The molecule has 3 rings (SSSR count). The highest BCUT2D eigenvalue weighted by Gasteiger charge is 2.28. The lowest BCUT2D eigenvalue weighted by atomic mass is 9.98. The van der Waals surface area contributed by atoms with Crippen LogP contribution in [0.3, 0.4) is 0 Å². The van der Waals surface area contributed by atoms with Gasteiger partial charge in [0.05, 0.1) is 0 Å². The van der Waals surface area contributed by atoms with Crippen molar-refractivity contribution in [3.05, 3.63) is 59.7 Å². The lowest BCUT2D eigenvalue weighted by molar-refractivity contribution is -0.144. The molecule has 33 heavy (non-hydrogen) atoms. The summed E-state index contributed by atoms with van der Waals surface area (Å²) in [6.07, 6.45) is 3.16. The number of nitrogens with zero attached hydrogens (tertiary/aromatic N) is 1. The number of carbonyl (C=O) groups is 3. The monoisotopic (exact) mass is 452 g/mol. The zero-order chi connectivity index (χ0) is 23.6. The molecule has 0 saturated carbocycles. The van der Waals surface area contributed by atoms with E-state index in [1.54, 1.807) is 6.92 Å². The highest BCUT2D eigenvalue weighted by molar-refractivity contribution is 5.81. The van der Waals surface area contributed by atoms with Gasteiger partial charge in [-0.1, -0.05) is 61.4 Å². The minimum absolute atomic E-state index is 0.0458. The number of likely N-dealkylation sites (N-methyl/N-ethyl adjacent to an activating group) is 1. The van der Waals surface area contributed by atoms with Crippen LogP contribution in [0.1, 0.15) is 56.1 Å². The summed E-state index contributed by atoms with van der Waals surface area (Å²) in [5.41, 5.74) is 4.77. The van der Waals surface area contributed by atoms with Crippen molar-refractivity contribution in [1.82, 2.24) is 10.2 Å². The molecular weight excluding hydrogens is 420 g/mol. The van der Waals surface area contributed by atoms with Crippen molar-refractivity contribution in [2.24, 2.45) is 0 Å². The third-order valence-corrected chi connectivity index (χ3v) is 5.99. The van der Waals surface area contributed by atoms with E-state index in [-0.39, 0.29) is 18.4 Å². The second-order valence-corrected chi connectivity index (χ2v) is 8.22. The number of aliphatic carboxylic acids is 1. The molecule has 1 aliphatic rings. The summed E-state index contributed by atoms with van der Waals surface area (Å²) in [6.45, 7) is 2.74. The Kier molecular flexibility index (Phi) is 8.87. The van der Waals surface area contributed by atoms with E-state index in [9.17, 15) is 14.4 Å². The van der Waals surface area contributed by atoms with Gasteiger partial charge in [-0.2, -0.15) is 0 Å². The largest absolute Gasteiger partial charge is 0.480 e. The van der Waals surface area contributed by atoms with E-state index in [1.807, 2.05) is 24.3 Å². The number of carboxylic acids is 1. The summed E-state index contributed by atoms with van der Waals surface area (Å²) in [5.74, 6) is -1.08. The zero-order valence-corrected chi connectivity index (χ0v) is 19.1. The average Bonchev–Trinajstić information content (AvgIpc) is 3.14. The average molecular weight is 453 g/mol. The number of benzene rings is 2. The molecule has 0 atom stereocenters. The SMILES string of the molecule is CCN(CC(=O)O)C(=O)CCCCCCNC(=O)OCC1c2ccccc2-c2ccccc21. The number of fused-ring (bicyclic) bond motifs is 3. The van der Waals surface area contributed by atoms with Gasteiger partial charge in [-0.3, -0.25) is 9.59 Å². The molecule has 0 saturated heterocycles. The number of carboxylic acid groups (broad SMARTS) is 1. The quantitative estimate of drug-likeness (QED) is 0.465. The van der Waals surface area contributed by atoms with E-state index in [4.69, 9.17) is 9.84 Å². The summed E-state index contributed by atoms with van der Waals surface area (Å²) in [5, 5.41) is 11.6. The second-order valence-electron chi connectivity index (χ2n) is 8.22. The molecule has 1 aliphatic carbocycles. The topological polar surface area (TPSA) is 95.9 Å². The first-order valence-corrected chi connectivity index (χ1v) is 11.6. The van der Waals surface area contributed by atoms with Crippen LogP contribution in [0.15, 0.2) is 48.5 Å². The van der Waals surface area contributed by atoms with Crippen molar-refractivity contribution < 1.29 is 24.2 Å². The van der Waals surface area contributed by atoms with Crippen LogP contribution in [0.2, 0.25) is 0 Å². The van der Waals surface area contributed by atoms with Gasteiger partial charge in [0, 0.05) is 25.4 Å². The molecule has 2 aromatic rings. The third-order valence-electron chi connectivity index (χ3n) is 5.99. The number of amides is 2. The molecule has 2 amide bonds. The first-order chi connectivity index (χ1) is 16.0. The fourth-order valence-electron chi connectivity index (χ4n) is 4.29. The first-order valence-electron chi connectivity index (χ1n) is 11.6. The molecule has 0 fully saturated rings. The highest BCUT2D eigenvalue weighted by Crippen LogP contribution is 2.44. The van der Waals surface area contributed by atoms with Crippen molar-refractivity contribution >= 4 is 18.0 Å². The van der Waals surface area contributed by atoms with Crippen LogP contribution >= 0.6 is 0 Å². The molecular formula is C26H32N2O5. The molecule has 0 heterocycles. The van der Waals surface area contributed by atoms with Crippen LogP contribution in [-0.4, -0.2) is 54.2 Å². The molecule has 0 bridgehead atoms. The van der Waals surface area contributed by atoms with Crippen LogP contribution in [-0.2, 0) is 14.3 Å². The number of rotatable bonds is 12.